The van der Waals surface area contributed by atoms with Crippen molar-refractivity contribution in [3.63, 3.8) is 0 Å². The van der Waals surface area contributed by atoms with Crippen LogP contribution in [0.5, 0.6) is 0 Å². The van der Waals surface area contributed by atoms with Gasteiger partial charge in [0.25, 0.3) is 5.56 Å². The van der Waals surface area contributed by atoms with Crippen LogP contribution in [0.25, 0.3) is 16.8 Å². The van der Waals surface area contributed by atoms with Crippen molar-refractivity contribution in [3.05, 3.63) is 70.9 Å². The molecule has 2 aromatic heterocycles. The summed E-state index contributed by atoms with van der Waals surface area (Å²) in [4.78, 5) is 12.1. The van der Waals surface area contributed by atoms with Gasteiger partial charge in [0, 0.05) is 36.6 Å². The van der Waals surface area contributed by atoms with Crippen molar-refractivity contribution < 1.29 is 0 Å². The molecule has 4 heteroatoms. The highest BCUT2D eigenvalue weighted by Gasteiger charge is 2.06. The molecule has 100 valence electrons. The van der Waals surface area contributed by atoms with Gasteiger partial charge in [0.2, 0.25) is 0 Å². The van der Waals surface area contributed by atoms with Gasteiger partial charge in [-0.2, -0.15) is 5.10 Å². The van der Waals surface area contributed by atoms with E-state index < -0.39 is 0 Å². The molecule has 0 spiro atoms. The molecule has 2 heterocycles. The minimum Gasteiger partial charge on any atom is -0.283 e. The molecular weight excluding hydrogens is 250 g/mol. The maximum absolute atomic E-state index is 12.1. The highest BCUT2D eigenvalue weighted by atomic mass is 16.1. The molecule has 0 aliphatic carbocycles. The monoisotopic (exact) mass is 265 g/mol. The van der Waals surface area contributed by atoms with Crippen LogP contribution in [-0.2, 0) is 7.05 Å². The van der Waals surface area contributed by atoms with Gasteiger partial charge >= 0.3 is 0 Å². The standard InChI is InChI=1S/C16H15N3O/c1-12-5-3-4-6-15(12)19-11-13(7-8-16(19)20)14-9-17-18(2)10-14/h3-11H,1-2H3. The fourth-order valence-electron chi connectivity index (χ4n) is 2.25. The number of pyridine rings is 1. The Morgan fingerprint density at radius 2 is 1.80 bits per heavy atom. The van der Waals surface area contributed by atoms with Crippen molar-refractivity contribution in [2.24, 2.45) is 7.05 Å². The Kier molecular flexibility index (Phi) is 2.99. The fraction of sp³-hybridized carbons (Fsp3) is 0.125. The van der Waals surface area contributed by atoms with Crippen molar-refractivity contribution in [3.8, 4) is 16.8 Å². The van der Waals surface area contributed by atoms with Crippen LogP contribution >= 0.6 is 0 Å². The summed E-state index contributed by atoms with van der Waals surface area (Å²) in [5.74, 6) is 0. The minimum atomic E-state index is -0.0352. The molecule has 0 bridgehead atoms. The zero-order valence-electron chi connectivity index (χ0n) is 11.4. The molecule has 0 saturated carbocycles. The molecule has 0 atom stereocenters. The summed E-state index contributed by atoms with van der Waals surface area (Å²) in [7, 11) is 1.88. The van der Waals surface area contributed by atoms with E-state index in [-0.39, 0.29) is 5.56 Å². The molecule has 0 aliphatic rings. The fourth-order valence-corrected chi connectivity index (χ4v) is 2.25. The van der Waals surface area contributed by atoms with Gasteiger partial charge in [0.05, 0.1) is 11.9 Å². The third kappa shape index (κ3) is 2.16. The van der Waals surface area contributed by atoms with E-state index in [9.17, 15) is 4.79 Å². The highest BCUT2D eigenvalue weighted by molar-refractivity contribution is 5.61. The van der Waals surface area contributed by atoms with Crippen molar-refractivity contribution in [2.45, 2.75) is 6.92 Å². The Morgan fingerprint density at radius 1 is 1.00 bits per heavy atom. The zero-order valence-corrected chi connectivity index (χ0v) is 11.4. The topological polar surface area (TPSA) is 39.8 Å². The molecule has 4 nitrogen and oxygen atoms in total. The lowest BCUT2D eigenvalue weighted by Gasteiger charge is -2.10. The Balaban J connectivity index is 2.17. The molecule has 0 unspecified atom stereocenters. The van der Waals surface area contributed by atoms with Gasteiger partial charge in [-0.05, 0) is 24.6 Å². The van der Waals surface area contributed by atoms with Crippen LogP contribution in [0, 0.1) is 6.92 Å². The Bertz CT molecular complexity index is 814. The number of benzene rings is 1. The van der Waals surface area contributed by atoms with Crippen LogP contribution in [-0.4, -0.2) is 14.3 Å². The zero-order chi connectivity index (χ0) is 14.1. The second-order valence-electron chi connectivity index (χ2n) is 4.82. The van der Waals surface area contributed by atoms with Crippen LogP contribution < -0.4 is 5.56 Å². The van der Waals surface area contributed by atoms with E-state index in [0.717, 1.165) is 22.4 Å². The average Bonchev–Trinajstić information content (AvgIpc) is 2.87. The van der Waals surface area contributed by atoms with Gasteiger partial charge in [-0.1, -0.05) is 18.2 Å². The molecule has 1 aromatic carbocycles. The Morgan fingerprint density at radius 3 is 2.50 bits per heavy atom. The summed E-state index contributed by atoms with van der Waals surface area (Å²) in [6.45, 7) is 2.00. The SMILES string of the molecule is Cc1ccccc1-n1cc(-c2cnn(C)c2)ccc1=O. The lowest BCUT2D eigenvalue weighted by atomic mass is 10.1. The molecule has 0 aliphatic heterocycles. The van der Waals surface area contributed by atoms with Gasteiger partial charge in [-0.15, -0.1) is 0 Å². The minimum absolute atomic E-state index is 0.0352. The van der Waals surface area contributed by atoms with Crippen molar-refractivity contribution in [2.75, 3.05) is 0 Å². The summed E-state index contributed by atoms with van der Waals surface area (Å²) < 4.78 is 3.43. The molecule has 3 rings (SSSR count). The van der Waals surface area contributed by atoms with Gasteiger partial charge in [0.15, 0.2) is 0 Å². The van der Waals surface area contributed by atoms with Crippen molar-refractivity contribution in [1.82, 2.24) is 14.3 Å². The summed E-state index contributed by atoms with van der Waals surface area (Å²) in [5.41, 5.74) is 3.91. The third-order valence-electron chi connectivity index (χ3n) is 3.32. The van der Waals surface area contributed by atoms with Crippen LogP contribution in [0.4, 0.5) is 0 Å². The molecule has 0 radical (unpaired) electrons. The summed E-state index contributed by atoms with van der Waals surface area (Å²) >= 11 is 0. The van der Waals surface area contributed by atoms with Gasteiger partial charge in [-0.25, -0.2) is 0 Å². The first-order valence-electron chi connectivity index (χ1n) is 6.43. The molecule has 0 saturated heterocycles. The van der Waals surface area contributed by atoms with Crippen molar-refractivity contribution >= 4 is 0 Å². The van der Waals surface area contributed by atoms with E-state index in [1.165, 1.54) is 0 Å². The quantitative estimate of drug-likeness (QED) is 0.714. The normalized spacial score (nSPS) is 10.7. The number of nitrogens with zero attached hydrogens (tertiary/aromatic N) is 3. The average molecular weight is 265 g/mol. The van der Waals surface area contributed by atoms with Crippen LogP contribution in [0.2, 0.25) is 0 Å². The lowest BCUT2D eigenvalue weighted by Crippen LogP contribution is -2.17. The second-order valence-corrected chi connectivity index (χ2v) is 4.82. The smallest absolute Gasteiger partial charge is 0.255 e. The predicted molar refractivity (Wildman–Crippen MR) is 79.0 cm³/mol. The highest BCUT2D eigenvalue weighted by Crippen LogP contribution is 2.19. The summed E-state index contributed by atoms with van der Waals surface area (Å²) in [5, 5.41) is 4.16. The van der Waals surface area contributed by atoms with E-state index in [0.29, 0.717) is 0 Å². The molecule has 20 heavy (non-hydrogen) atoms. The number of hydrogen-bond donors (Lipinski definition) is 0. The van der Waals surface area contributed by atoms with E-state index in [1.807, 2.05) is 56.7 Å². The van der Waals surface area contributed by atoms with E-state index >= 15 is 0 Å². The van der Waals surface area contributed by atoms with Gasteiger partial charge < -0.3 is 0 Å². The van der Waals surface area contributed by atoms with E-state index in [4.69, 9.17) is 0 Å². The first-order chi connectivity index (χ1) is 9.65. The molecule has 0 amide bonds. The van der Waals surface area contributed by atoms with Crippen molar-refractivity contribution in [1.29, 1.82) is 0 Å². The molecule has 0 fully saturated rings. The maximum Gasteiger partial charge on any atom is 0.255 e. The van der Waals surface area contributed by atoms with Gasteiger partial charge in [-0.3, -0.25) is 14.0 Å². The maximum atomic E-state index is 12.1. The molecular formula is C16H15N3O. The lowest BCUT2D eigenvalue weighted by molar-refractivity contribution is 0.768. The largest absolute Gasteiger partial charge is 0.283 e. The number of hydrogen-bond acceptors (Lipinski definition) is 2. The number of aryl methyl sites for hydroxylation is 2. The number of rotatable bonds is 2. The molecule has 0 N–H and O–H groups in total. The van der Waals surface area contributed by atoms with Crippen LogP contribution in [0.15, 0.2) is 59.8 Å². The first-order valence-corrected chi connectivity index (χ1v) is 6.43. The Labute approximate surface area is 116 Å². The second kappa shape index (κ2) is 4.81. The van der Waals surface area contributed by atoms with Gasteiger partial charge in [0.1, 0.15) is 0 Å². The summed E-state index contributed by atoms with van der Waals surface area (Å²) in [6.07, 6.45) is 5.59. The van der Waals surface area contributed by atoms with E-state index in [2.05, 4.69) is 5.10 Å². The predicted octanol–water partition coefficient (Wildman–Crippen LogP) is 2.55. The summed E-state index contributed by atoms with van der Waals surface area (Å²) in [6, 6.07) is 11.3. The van der Waals surface area contributed by atoms with Crippen LogP contribution in [0.3, 0.4) is 0 Å². The van der Waals surface area contributed by atoms with Crippen LogP contribution in [0.1, 0.15) is 5.56 Å². The third-order valence-corrected chi connectivity index (χ3v) is 3.32. The van der Waals surface area contributed by atoms with E-state index in [1.54, 1.807) is 21.5 Å². The number of aromatic nitrogens is 3. The number of para-hydroxylation sites is 1. The molecule has 3 aromatic rings. The Hall–Kier alpha value is -2.62. The first kappa shape index (κ1) is 12.4.